The number of carbonyl (C=O) groups excluding carboxylic acids is 2. The number of amides is 2. The molecule has 0 radical (unpaired) electrons. The fraction of sp³-hybridized carbons (Fsp3) is 0.846. The van der Waals surface area contributed by atoms with Gasteiger partial charge in [0.25, 0.3) is 0 Å². The van der Waals surface area contributed by atoms with E-state index in [4.69, 9.17) is 5.73 Å². The molecular weight excluding hydrogens is 232 g/mol. The molecule has 2 amide bonds. The standard InChI is InChI=1S/C13H22N2O3/c14-12(17)10-5-1-4-8-15(10)11(16)9-13(18)6-2-3-7-13/h10,18H,1-9H2,(H2,14,17). The lowest BCUT2D eigenvalue weighted by Gasteiger charge is -2.35. The quantitative estimate of drug-likeness (QED) is 0.771. The molecule has 1 heterocycles. The molecule has 1 saturated carbocycles. The van der Waals surface area contributed by atoms with Crippen LogP contribution in [0, 0.1) is 0 Å². The van der Waals surface area contributed by atoms with Crippen molar-refractivity contribution in [2.45, 2.75) is 63.0 Å². The predicted molar refractivity (Wildman–Crippen MR) is 66.6 cm³/mol. The van der Waals surface area contributed by atoms with E-state index in [1.54, 1.807) is 4.90 Å². The van der Waals surface area contributed by atoms with Gasteiger partial charge in [0, 0.05) is 6.54 Å². The monoisotopic (exact) mass is 254 g/mol. The Morgan fingerprint density at radius 2 is 1.89 bits per heavy atom. The van der Waals surface area contributed by atoms with Crippen molar-refractivity contribution in [1.82, 2.24) is 4.90 Å². The SMILES string of the molecule is NC(=O)C1CCCCN1C(=O)CC1(O)CCCC1. The van der Waals surface area contributed by atoms with Crippen LogP contribution in [0.15, 0.2) is 0 Å². The number of rotatable bonds is 3. The van der Waals surface area contributed by atoms with Crippen LogP contribution in [0.3, 0.4) is 0 Å². The maximum atomic E-state index is 12.2. The first kappa shape index (κ1) is 13.3. The molecule has 0 aromatic heterocycles. The van der Waals surface area contributed by atoms with Gasteiger partial charge < -0.3 is 15.7 Å². The molecule has 1 unspecified atom stereocenters. The molecule has 2 rings (SSSR count). The third-order valence-electron chi connectivity index (χ3n) is 4.17. The van der Waals surface area contributed by atoms with Crippen molar-refractivity contribution in [3.05, 3.63) is 0 Å². The Balaban J connectivity index is 2.00. The Labute approximate surface area is 107 Å². The third kappa shape index (κ3) is 2.83. The van der Waals surface area contributed by atoms with Gasteiger partial charge in [0.15, 0.2) is 0 Å². The molecule has 0 spiro atoms. The van der Waals surface area contributed by atoms with Gasteiger partial charge in [0.1, 0.15) is 6.04 Å². The summed E-state index contributed by atoms with van der Waals surface area (Å²) in [6, 6.07) is -0.476. The number of hydrogen-bond acceptors (Lipinski definition) is 3. The molecule has 1 atom stereocenters. The zero-order valence-electron chi connectivity index (χ0n) is 10.7. The van der Waals surface area contributed by atoms with Crippen LogP contribution in [0.2, 0.25) is 0 Å². The van der Waals surface area contributed by atoms with E-state index >= 15 is 0 Å². The van der Waals surface area contributed by atoms with Crippen LogP contribution in [0.1, 0.15) is 51.4 Å². The van der Waals surface area contributed by atoms with Crippen molar-refractivity contribution in [2.75, 3.05) is 6.54 Å². The Kier molecular flexibility index (Phi) is 3.90. The summed E-state index contributed by atoms with van der Waals surface area (Å²) in [7, 11) is 0. The highest BCUT2D eigenvalue weighted by molar-refractivity contribution is 5.87. The maximum Gasteiger partial charge on any atom is 0.240 e. The molecule has 2 aliphatic rings. The van der Waals surface area contributed by atoms with Crippen molar-refractivity contribution in [2.24, 2.45) is 5.73 Å². The molecule has 5 heteroatoms. The highest BCUT2D eigenvalue weighted by Gasteiger charge is 2.38. The maximum absolute atomic E-state index is 12.2. The average Bonchev–Trinajstić information content (AvgIpc) is 2.75. The van der Waals surface area contributed by atoms with Crippen LogP contribution in [0.4, 0.5) is 0 Å². The molecule has 18 heavy (non-hydrogen) atoms. The molecule has 2 fully saturated rings. The summed E-state index contributed by atoms with van der Waals surface area (Å²) in [6.45, 7) is 0.586. The summed E-state index contributed by atoms with van der Waals surface area (Å²) in [5, 5.41) is 10.3. The Morgan fingerprint density at radius 3 is 2.50 bits per heavy atom. The van der Waals surface area contributed by atoms with E-state index in [0.717, 1.165) is 25.7 Å². The Bertz CT molecular complexity index is 337. The molecule has 102 valence electrons. The third-order valence-corrected chi connectivity index (χ3v) is 4.17. The topological polar surface area (TPSA) is 83.6 Å². The highest BCUT2D eigenvalue weighted by atomic mass is 16.3. The number of nitrogens with zero attached hydrogens (tertiary/aromatic N) is 1. The fourth-order valence-corrected chi connectivity index (χ4v) is 3.12. The van der Waals surface area contributed by atoms with E-state index < -0.39 is 17.6 Å². The number of aliphatic hydroxyl groups is 1. The van der Waals surface area contributed by atoms with Gasteiger partial charge in [0.05, 0.1) is 12.0 Å². The van der Waals surface area contributed by atoms with Crippen molar-refractivity contribution in [3.8, 4) is 0 Å². The molecule has 3 N–H and O–H groups in total. The number of hydrogen-bond donors (Lipinski definition) is 2. The summed E-state index contributed by atoms with van der Waals surface area (Å²) >= 11 is 0. The van der Waals surface area contributed by atoms with Crippen LogP contribution >= 0.6 is 0 Å². The van der Waals surface area contributed by atoms with Gasteiger partial charge in [0.2, 0.25) is 11.8 Å². The minimum Gasteiger partial charge on any atom is -0.389 e. The van der Waals surface area contributed by atoms with Crippen molar-refractivity contribution in [3.63, 3.8) is 0 Å². The summed E-state index contributed by atoms with van der Waals surface area (Å²) in [4.78, 5) is 25.2. The lowest BCUT2D eigenvalue weighted by Crippen LogP contribution is -2.52. The van der Waals surface area contributed by atoms with Crippen molar-refractivity contribution in [1.29, 1.82) is 0 Å². The van der Waals surface area contributed by atoms with Crippen molar-refractivity contribution >= 4 is 11.8 Å². The summed E-state index contributed by atoms with van der Waals surface area (Å²) in [5.41, 5.74) is 4.49. The van der Waals surface area contributed by atoms with E-state index in [1.165, 1.54) is 0 Å². The van der Waals surface area contributed by atoms with E-state index in [0.29, 0.717) is 25.8 Å². The first-order valence-electron chi connectivity index (χ1n) is 6.83. The second kappa shape index (κ2) is 5.26. The van der Waals surface area contributed by atoms with E-state index in [9.17, 15) is 14.7 Å². The fourth-order valence-electron chi connectivity index (χ4n) is 3.12. The van der Waals surface area contributed by atoms with Crippen LogP contribution in [-0.2, 0) is 9.59 Å². The van der Waals surface area contributed by atoms with Crippen LogP contribution in [0.25, 0.3) is 0 Å². The zero-order valence-corrected chi connectivity index (χ0v) is 10.7. The lowest BCUT2D eigenvalue weighted by atomic mass is 9.95. The lowest BCUT2D eigenvalue weighted by molar-refractivity contribution is -0.145. The smallest absolute Gasteiger partial charge is 0.240 e. The zero-order chi connectivity index (χ0) is 13.2. The number of piperidine rings is 1. The molecule has 1 aliphatic carbocycles. The summed E-state index contributed by atoms with van der Waals surface area (Å²) in [6.07, 6.45) is 5.96. The molecule has 0 bridgehead atoms. The second-order valence-corrected chi connectivity index (χ2v) is 5.61. The van der Waals surface area contributed by atoms with E-state index in [1.807, 2.05) is 0 Å². The van der Waals surface area contributed by atoms with Gasteiger partial charge in [-0.25, -0.2) is 0 Å². The van der Waals surface area contributed by atoms with Gasteiger partial charge in [-0.3, -0.25) is 9.59 Å². The van der Waals surface area contributed by atoms with Gasteiger partial charge in [-0.05, 0) is 32.1 Å². The molecule has 5 nitrogen and oxygen atoms in total. The normalized spacial score (nSPS) is 27.2. The van der Waals surface area contributed by atoms with Crippen LogP contribution < -0.4 is 5.73 Å². The number of carbonyl (C=O) groups is 2. The van der Waals surface area contributed by atoms with Crippen LogP contribution in [-0.4, -0.2) is 40.0 Å². The highest BCUT2D eigenvalue weighted by Crippen LogP contribution is 2.33. The predicted octanol–water partition coefficient (Wildman–Crippen LogP) is 0.548. The number of primary amides is 1. The first-order chi connectivity index (χ1) is 8.52. The van der Waals surface area contributed by atoms with E-state index in [-0.39, 0.29) is 12.3 Å². The Morgan fingerprint density at radius 1 is 1.22 bits per heavy atom. The molecule has 1 saturated heterocycles. The summed E-state index contributed by atoms with van der Waals surface area (Å²) in [5.74, 6) is -0.552. The summed E-state index contributed by atoms with van der Waals surface area (Å²) < 4.78 is 0. The number of likely N-dealkylation sites (tertiary alicyclic amines) is 1. The first-order valence-corrected chi connectivity index (χ1v) is 6.83. The molecule has 0 aromatic rings. The molecular formula is C13H22N2O3. The second-order valence-electron chi connectivity index (χ2n) is 5.61. The van der Waals surface area contributed by atoms with Gasteiger partial charge in [-0.15, -0.1) is 0 Å². The average molecular weight is 254 g/mol. The van der Waals surface area contributed by atoms with Crippen LogP contribution in [0.5, 0.6) is 0 Å². The number of nitrogens with two attached hydrogens (primary N) is 1. The molecule has 0 aromatic carbocycles. The largest absolute Gasteiger partial charge is 0.389 e. The molecule has 1 aliphatic heterocycles. The Hall–Kier alpha value is -1.10. The van der Waals surface area contributed by atoms with E-state index in [2.05, 4.69) is 0 Å². The van der Waals surface area contributed by atoms with Crippen molar-refractivity contribution < 1.29 is 14.7 Å². The van der Waals surface area contributed by atoms with Gasteiger partial charge in [-0.2, -0.15) is 0 Å². The van der Waals surface area contributed by atoms with Gasteiger partial charge >= 0.3 is 0 Å². The minimum atomic E-state index is -0.850. The van der Waals surface area contributed by atoms with Gasteiger partial charge in [-0.1, -0.05) is 12.8 Å². The minimum absolute atomic E-state index is 0.122.